The highest BCUT2D eigenvalue weighted by Gasteiger charge is 2.38. The lowest BCUT2D eigenvalue weighted by atomic mass is 9.99. The smallest absolute Gasteiger partial charge is 0.425 e. The van der Waals surface area contributed by atoms with Gasteiger partial charge < -0.3 is 15.2 Å². The van der Waals surface area contributed by atoms with Gasteiger partial charge in [-0.3, -0.25) is 0 Å². The van der Waals surface area contributed by atoms with Gasteiger partial charge in [0.25, 0.3) is 0 Å². The van der Waals surface area contributed by atoms with E-state index >= 15 is 0 Å². The minimum absolute atomic E-state index is 0.152. The van der Waals surface area contributed by atoms with E-state index in [4.69, 9.17) is 4.74 Å². The van der Waals surface area contributed by atoms with Crippen LogP contribution in [0.3, 0.4) is 0 Å². The maximum absolute atomic E-state index is 12.4. The van der Waals surface area contributed by atoms with E-state index in [0.717, 1.165) is 12.4 Å². The van der Waals surface area contributed by atoms with Gasteiger partial charge in [0.2, 0.25) is 5.88 Å². The summed E-state index contributed by atoms with van der Waals surface area (Å²) in [6, 6.07) is 2.71. The molecule has 0 radical (unpaired) electrons. The molecule has 0 fully saturated rings. The van der Waals surface area contributed by atoms with Crippen molar-refractivity contribution in [2.45, 2.75) is 38.7 Å². The number of nitrogens with zero attached hydrogens (tertiary/aromatic N) is 1. The molecule has 4 nitrogen and oxygen atoms in total. The number of anilines is 1. The number of aliphatic hydroxyl groups is 1. The Morgan fingerprint density at radius 3 is 2.45 bits per heavy atom. The topological polar surface area (TPSA) is 54.4 Å². The normalized spacial score (nSPS) is 13.8. The van der Waals surface area contributed by atoms with Crippen molar-refractivity contribution < 1.29 is 23.0 Å². The van der Waals surface area contributed by atoms with E-state index in [2.05, 4.69) is 22.5 Å². The molecule has 0 amide bonds. The number of rotatable bonds is 5. The predicted molar refractivity (Wildman–Crippen MR) is 72.9 cm³/mol. The van der Waals surface area contributed by atoms with Crippen molar-refractivity contribution in [3.05, 3.63) is 17.7 Å². The second-order valence-corrected chi connectivity index (χ2v) is 4.90. The van der Waals surface area contributed by atoms with Crippen molar-refractivity contribution in [2.24, 2.45) is 0 Å². The Morgan fingerprint density at radius 1 is 1.40 bits per heavy atom. The summed E-state index contributed by atoms with van der Waals surface area (Å²) in [4.78, 5) is 3.89. The fraction of sp³-hybridized carbons (Fsp3) is 0.500. The minimum atomic E-state index is -4.48. The first kappa shape index (κ1) is 16.6. The van der Waals surface area contributed by atoms with Crippen LogP contribution in [0.4, 0.5) is 19.0 Å². The Morgan fingerprint density at radius 2 is 2.00 bits per heavy atom. The molecule has 2 N–H and O–H groups in total. The summed E-state index contributed by atoms with van der Waals surface area (Å²) < 4.78 is 42.0. The molecule has 0 aliphatic heterocycles. The molecule has 1 aromatic heterocycles. The monoisotopic (exact) mass is 308 g/mol. The van der Waals surface area contributed by atoms with Crippen LogP contribution in [-0.2, 0) is 5.60 Å². The van der Waals surface area contributed by atoms with Crippen molar-refractivity contribution in [2.75, 3.05) is 5.32 Å². The van der Waals surface area contributed by atoms with Crippen LogP contribution in [0.5, 0.6) is 5.88 Å². The van der Waals surface area contributed by atoms with Crippen LogP contribution in [0.2, 0.25) is 0 Å². The van der Waals surface area contributed by atoms with E-state index in [1.165, 1.54) is 26.0 Å². The summed E-state index contributed by atoms with van der Waals surface area (Å²) in [5.74, 6) is -0.0541. The molecule has 1 atom stereocenters. The molecule has 0 aromatic carbocycles. The third-order valence-electron chi connectivity index (χ3n) is 2.48. The fourth-order valence-corrected chi connectivity index (χ4v) is 1.53. The zero-order chi connectivity index (χ0) is 15.6. The van der Waals surface area contributed by atoms with E-state index < -0.39 is 17.9 Å². The number of nitrogens with one attached hydrogen (secondary N) is 1. The van der Waals surface area contributed by atoms with Crippen molar-refractivity contribution in [3.63, 3.8) is 0 Å². The van der Waals surface area contributed by atoms with Crippen LogP contribution in [0.1, 0.15) is 26.3 Å². The average Bonchev–Trinajstić information content (AvgIpc) is 2.26. The molecule has 0 spiro atoms. The van der Waals surface area contributed by atoms with E-state index in [1.807, 2.05) is 0 Å². The van der Waals surface area contributed by atoms with Crippen molar-refractivity contribution >= 4 is 23.5 Å². The molecular formula is C12H15F3N2O2S. The van der Waals surface area contributed by atoms with Crippen LogP contribution in [0.15, 0.2) is 12.1 Å². The molecule has 0 aliphatic carbocycles. The molecule has 0 unspecified atom stereocenters. The molecule has 0 aliphatic rings. The molecule has 0 saturated carbocycles. The lowest BCUT2D eigenvalue weighted by Gasteiger charge is -2.22. The van der Waals surface area contributed by atoms with Crippen LogP contribution >= 0.6 is 12.2 Å². The molecule has 20 heavy (non-hydrogen) atoms. The van der Waals surface area contributed by atoms with Crippen molar-refractivity contribution in [3.8, 4) is 5.88 Å². The Bertz CT molecular complexity index is 487. The molecule has 112 valence electrons. The Kier molecular flexibility index (Phi) is 4.93. The number of thiocarbonyl (C=S) groups is 1. The SMILES string of the molecule is C[C@H](Oc1ccc(C(C)(C)O)c(NC=S)n1)C(F)(F)F. The minimum Gasteiger partial charge on any atom is -0.465 e. The summed E-state index contributed by atoms with van der Waals surface area (Å²) in [6.45, 7) is 3.94. The molecule has 8 heteroatoms. The van der Waals surface area contributed by atoms with Crippen molar-refractivity contribution in [1.29, 1.82) is 0 Å². The first-order chi connectivity index (χ1) is 9.05. The summed E-state index contributed by atoms with van der Waals surface area (Å²) in [5, 5.41) is 12.5. The first-order valence-corrected chi connectivity index (χ1v) is 6.20. The molecule has 1 aromatic rings. The largest absolute Gasteiger partial charge is 0.465 e. The average molecular weight is 308 g/mol. The van der Waals surface area contributed by atoms with Gasteiger partial charge in [-0.1, -0.05) is 12.2 Å². The molecular weight excluding hydrogens is 293 g/mol. The molecule has 1 heterocycles. The zero-order valence-corrected chi connectivity index (χ0v) is 12.0. The lowest BCUT2D eigenvalue weighted by molar-refractivity contribution is -0.189. The number of halogens is 3. The number of ether oxygens (including phenoxy) is 1. The second-order valence-electron chi connectivity index (χ2n) is 4.67. The van der Waals surface area contributed by atoms with Gasteiger partial charge in [0, 0.05) is 11.6 Å². The third kappa shape index (κ3) is 4.31. The number of aromatic nitrogens is 1. The van der Waals surface area contributed by atoms with Crippen LogP contribution < -0.4 is 10.1 Å². The maximum atomic E-state index is 12.4. The lowest BCUT2D eigenvalue weighted by Crippen LogP contribution is -2.31. The second kappa shape index (κ2) is 5.92. The van der Waals surface area contributed by atoms with E-state index in [0.29, 0.717) is 5.56 Å². The highest BCUT2D eigenvalue weighted by molar-refractivity contribution is 7.79. The molecule has 1 rings (SSSR count). The molecule has 0 bridgehead atoms. The van der Waals surface area contributed by atoms with Gasteiger partial charge in [0.05, 0.1) is 11.1 Å². The van der Waals surface area contributed by atoms with Gasteiger partial charge in [-0.15, -0.1) is 0 Å². The fourth-order valence-electron chi connectivity index (χ4n) is 1.41. The summed E-state index contributed by atoms with van der Waals surface area (Å²) in [5.41, 5.74) is 0.321. The van der Waals surface area contributed by atoms with Gasteiger partial charge >= 0.3 is 6.18 Å². The zero-order valence-electron chi connectivity index (χ0n) is 11.2. The highest BCUT2D eigenvalue weighted by atomic mass is 32.1. The molecule has 0 saturated heterocycles. The van der Waals surface area contributed by atoms with Crippen LogP contribution in [-0.4, -0.2) is 27.9 Å². The number of alkyl halides is 3. The summed E-state index contributed by atoms with van der Waals surface area (Å²) >= 11 is 4.63. The van der Waals surface area contributed by atoms with Crippen LogP contribution in [0, 0.1) is 0 Å². The Balaban J connectivity index is 3.08. The quantitative estimate of drug-likeness (QED) is 0.819. The standard InChI is InChI=1S/C12H15F3N2O2S/c1-7(12(13,14)15)19-9-5-4-8(11(2,3)18)10(17-9)16-6-20/h4-7,18H,1-3H3,(H,16,17,20)/t7-/m0/s1. The Hall–Kier alpha value is -1.41. The van der Waals surface area contributed by atoms with E-state index in [1.54, 1.807) is 0 Å². The number of hydrogen-bond acceptors (Lipinski definition) is 4. The number of hydrogen-bond donors (Lipinski definition) is 2. The number of pyridine rings is 1. The maximum Gasteiger partial charge on any atom is 0.425 e. The van der Waals surface area contributed by atoms with Gasteiger partial charge in [0.15, 0.2) is 6.10 Å². The van der Waals surface area contributed by atoms with Crippen LogP contribution in [0.25, 0.3) is 0 Å². The van der Waals surface area contributed by atoms with E-state index in [-0.39, 0.29) is 11.7 Å². The predicted octanol–water partition coefficient (Wildman–Crippen LogP) is 3.01. The summed E-state index contributed by atoms with van der Waals surface area (Å²) in [7, 11) is 0. The first-order valence-electron chi connectivity index (χ1n) is 5.73. The Labute approximate surface area is 120 Å². The van der Waals surface area contributed by atoms with Crippen molar-refractivity contribution in [1.82, 2.24) is 4.98 Å². The third-order valence-corrected chi connectivity index (χ3v) is 2.60. The summed E-state index contributed by atoms with van der Waals surface area (Å²) in [6.07, 6.45) is -6.46. The van der Waals surface area contributed by atoms with Gasteiger partial charge in [0.1, 0.15) is 5.82 Å². The van der Waals surface area contributed by atoms with Gasteiger partial charge in [-0.2, -0.15) is 18.2 Å². The van der Waals surface area contributed by atoms with Gasteiger partial charge in [-0.05, 0) is 26.8 Å². The van der Waals surface area contributed by atoms with Gasteiger partial charge in [-0.25, -0.2) is 0 Å². The highest BCUT2D eigenvalue weighted by Crippen LogP contribution is 2.30. The van der Waals surface area contributed by atoms with E-state index in [9.17, 15) is 18.3 Å².